The summed E-state index contributed by atoms with van der Waals surface area (Å²) in [6.07, 6.45) is 0.0721. The van der Waals surface area contributed by atoms with Crippen molar-refractivity contribution in [1.82, 2.24) is 0 Å². The predicted octanol–water partition coefficient (Wildman–Crippen LogP) is -0.272. The van der Waals surface area contributed by atoms with Gasteiger partial charge in [0.25, 0.3) is 15.8 Å². The van der Waals surface area contributed by atoms with E-state index in [0.717, 1.165) is 6.07 Å². The molecule has 0 radical (unpaired) electrons. The highest BCUT2D eigenvalue weighted by molar-refractivity contribution is 7.93. The molecule has 0 aliphatic heterocycles. The summed E-state index contributed by atoms with van der Waals surface area (Å²) < 4.78 is 54.9. The number of anilines is 1. The molecule has 0 aliphatic carbocycles. The van der Waals surface area contributed by atoms with Gasteiger partial charge in [-0.25, -0.2) is 8.42 Å². The van der Waals surface area contributed by atoms with Crippen LogP contribution in [0.25, 0.3) is 0 Å². The standard InChI is InChI=1S/C11H17N3O7S2/c1-7(12)6-8-2-3-9(14(15)16)10(13)11(8)22(17,18)4-5-23(19,20)21/h2-3,7H,4-6,12-13H2,1H3,(H,19,20,21). The Kier molecular flexibility index (Phi) is 5.69. The second-order valence-electron chi connectivity index (χ2n) is 5.03. The highest BCUT2D eigenvalue weighted by Gasteiger charge is 2.29. The lowest BCUT2D eigenvalue weighted by atomic mass is 10.1. The summed E-state index contributed by atoms with van der Waals surface area (Å²) in [5, 5.41) is 10.9. The quantitative estimate of drug-likeness (QED) is 0.252. The van der Waals surface area contributed by atoms with Crippen molar-refractivity contribution in [2.45, 2.75) is 24.3 Å². The maximum atomic E-state index is 12.4. The third kappa shape index (κ3) is 5.13. The largest absolute Gasteiger partial charge is 0.392 e. The van der Waals surface area contributed by atoms with Gasteiger partial charge in [0.05, 0.1) is 16.4 Å². The minimum absolute atomic E-state index is 0.0721. The van der Waals surface area contributed by atoms with Crippen molar-refractivity contribution in [1.29, 1.82) is 0 Å². The Bertz CT molecular complexity index is 816. The lowest BCUT2D eigenvalue weighted by Crippen LogP contribution is -2.23. The third-order valence-electron chi connectivity index (χ3n) is 2.91. The fourth-order valence-electron chi connectivity index (χ4n) is 1.99. The molecule has 23 heavy (non-hydrogen) atoms. The summed E-state index contributed by atoms with van der Waals surface area (Å²) in [6, 6.07) is 1.83. The summed E-state index contributed by atoms with van der Waals surface area (Å²) in [5.41, 5.74) is 10.2. The summed E-state index contributed by atoms with van der Waals surface area (Å²) in [5.74, 6) is -2.00. The smallest absolute Gasteiger partial charge is 0.293 e. The van der Waals surface area contributed by atoms with Crippen LogP contribution in [0.15, 0.2) is 17.0 Å². The minimum Gasteiger partial charge on any atom is -0.392 e. The van der Waals surface area contributed by atoms with Crippen LogP contribution >= 0.6 is 0 Å². The van der Waals surface area contributed by atoms with Gasteiger partial charge in [-0.2, -0.15) is 8.42 Å². The van der Waals surface area contributed by atoms with Crippen molar-refractivity contribution in [2.24, 2.45) is 5.73 Å². The van der Waals surface area contributed by atoms with Gasteiger partial charge in [-0.05, 0) is 18.9 Å². The number of sulfone groups is 1. The highest BCUT2D eigenvalue weighted by atomic mass is 32.2. The van der Waals surface area contributed by atoms with Crippen LogP contribution in [-0.4, -0.2) is 43.9 Å². The van der Waals surface area contributed by atoms with E-state index in [0.29, 0.717) is 0 Å². The van der Waals surface area contributed by atoms with Crippen LogP contribution in [0.5, 0.6) is 0 Å². The van der Waals surface area contributed by atoms with Crippen molar-refractivity contribution >= 4 is 31.3 Å². The molecule has 0 saturated carbocycles. The van der Waals surface area contributed by atoms with E-state index in [-0.39, 0.29) is 12.0 Å². The molecule has 1 aromatic rings. The molecule has 10 nitrogen and oxygen atoms in total. The molecule has 1 unspecified atom stereocenters. The van der Waals surface area contributed by atoms with Crippen LogP contribution in [0.1, 0.15) is 12.5 Å². The van der Waals surface area contributed by atoms with Crippen LogP contribution in [-0.2, 0) is 26.4 Å². The molecule has 1 atom stereocenters. The molecule has 0 saturated heterocycles. The molecule has 0 aliphatic rings. The normalized spacial score (nSPS) is 13.7. The van der Waals surface area contributed by atoms with E-state index in [9.17, 15) is 26.9 Å². The van der Waals surface area contributed by atoms with Crippen LogP contribution < -0.4 is 11.5 Å². The zero-order valence-corrected chi connectivity index (χ0v) is 13.8. The predicted molar refractivity (Wildman–Crippen MR) is 83.3 cm³/mol. The first-order chi connectivity index (χ1) is 10.3. The molecule has 0 aromatic heterocycles. The van der Waals surface area contributed by atoms with Crippen molar-refractivity contribution in [3.63, 3.8) is 0 Å². The number of nitro groups is 1. The first-order valence-corrected chi connectivity index (χ1v) is 9.60. The van der Waals surface area contributed by atoms with E-state index in [2.05, 4.69) is 0 Å². The summed E-state index contributed by atoms with van der Waals surface area (Å²) >= 11 is 0. The van der Waals surface area contributed by atoms with E-state index >= 15 is 0 Å². The topological polar surface area (TPSA) is 184 Å². The number of nitrogens with two attached hydrogens (primary N) is 2. The molecule has 0 spiro atoms. The molecule has 0 amide bonds. The first-order valence-electron chi connectivity index (χ1n) is 6.34. The number of nitrogens with zero attached hydrogens (tertiary/aromatic N) is 1. The van der Waals surface area contributed by atoms with Gasteiger partial charge < -0.3 is 11.5 Å². The average molecular weight is 367 g/mol. The number of hydrogen-bond donors (Lipinski definition) is 3. The molecule has 0 fully saturated rings. The summed E-state index contributed by atoms with van der Waals surface area (Å²) in [7, 11) is -8.80. The maximum Gasteiger partial charge on any atom is 0.293 e. The van der Waals surface area contributed by atoms with Crippen LogP contribution in [0.3, 0.4) is 0 Å². The molecule has 5 N–H and O–H groups in total. The fourth-order valence-corrected chi connectivity index (χ4v) is 4.90. The van der Waals surface area contributed by atoms with Crippen LogP contribution in [0.4, 0.5) is 11.4 Å². The Morgan fingerprint density at radius 2 is 1.83 bits per heavy atom. The molecule has 0 heterocycles. The molecule has 0 bridgehead atoms. The number of rotatable bonds is 7. The van der Waals surface area contributed by atoms with Gasteiger partial charge in [0.1, 0.15) is 10.6 Å². The van der Waals surface area contributed by atoms with E-state index in [1.165, 1.54) is 6.07 Å². The number of nitro benzene ring substituents is 1. The Morgan fingerprint density at radius 3 is 2.26 bits per heavy atom. The molecular weight excluding hydrogens is 350 g/mol. The molecule has 1 rings (SSSR count). The van der Waals surface area contributed by atoms with Crippen LogP contribution in [0.2, 0.25) is 0 Å². The van der Waals surface area contributed by atoms with E-state index in [1.54, 1.807) is 6.92 Å². The Morgan fingerprint density at radius 1 is 1.26 bits per heavy atom. The Balaban J connectivity index is 3.51. The van der Waals surface area contributed by atoms with E-state index in [4.69, 9.17) is 16.0 Å². The van der Waals surface area contributed by atoms with Gasteiger partial charge in [0.15, 0.2) is 9.84 Å². The van der Waals surface area contributed by atoms with Gasteiger partial charge in [-0.3, -0.25) is 14.7 Å². The van der Waals surface area contributed by atoms with Gasteiger partial charge >= 0.3 is 0 Å². The maximum absolute atomic E-state index is 12.4. The SMILES string of the molecule is CC(N)Cc1ccc([N+](=O)[O-])c(N)c1S(=O)(=O)CCS(=O)(=O)O. The van der Waals surface area contributed by atoms with Gasteiger partial charge in [0, 0.05) is 12.1 Å². The number of hydrogen-bond acceptors (Lipinski definition) is 8. The third-order valence-corrected chi connectivity index (χ3v) is 5.74. The number of nitrogen functional groups attached to an aromatic ring is 1. The lowest BCUT2D eigenvalue weighted by Gasteiger charge is -2.14. The number of benzene rings is 1. The monoisotopic (exact) mass is 367 g/mol. The lowest BCUT2D eigenvalue weighted by molar-refractivity contribution is -0.384. The van der Waals surface area contributed by atoms with E-state index in [1.807, 2.05) is 0 Å². The zero-order valence-electron chi connectivity index (χ0n) is 12.2. The van der Waals surface area contributed by atoms with Crippen molar-refractivity contribution in [3.8, 4) is 0 Å². The molecule has 12 heteroatoms. The molecule has 1 aromatic carbocycles. The average Bonchev–Trinajstić information content (AvgIpc) is 2.34. The molecule has 130 valence electrons. The fraction of sp³-hybridized carbons (Fsp3) is 0.455. The Labute approximate surface area is 133 Å². The first kappa shape index (κ1) is 19.3. The van der Waals surface area contributed by atoms with Crippen molar-refractivity contribution in [3.05, 3.63) is 27.8 Å². The minimum atomic E-state index is -4.52. The molecular formula is C11H17N3O7S2. The van der Waals surface area contributed by atoms with Crippen molar-refractivity contribution < 1.29 is 26.3 Å². The zero-order chi connectivity index (χ0) is 18.0. The second-order valence-corrected chi connectivity index (χ2v) is 8.65. The van der Waals surface area contributed by atoms with E-state index < -0.39 is 58.7 Å². The highest BCUT2D eigenvalue weighted by Crippen LogP contribution is 2.33. The van der Waals surface area contributed by atoms with Gasteiger partial charge in [-0.15, -0.1) is 0 Å². The van der Waals surface area contributed by atoms with Gasteiger partial charge in [-0.1, -0.05) is 6.07 Å². The van der Waals surface area contributed by atoms with Crippen molar-refractivity contribution in [2.75, 3.05) is 17.2 Å². The Hall–Kier alpha value is -1.76. The summed E-state index contributed by atoms with van der Waals surface area (Å²) in [6.45, 7) is 1.60. The van der Waals surface area contributed by atoms with Gasteiger partial charge in [0.2, 0.25) is 0 Å². The van der Waals surface area contributed by atoms with Crippen LogP contribution in [0, 0.1) is 10.1 Å². The second kappa shape index (κ2) is 6.78. The summed E-state index contributed by atoms with van der Waals surface area (Å²) in [4.78, 5) is 9.56.